The Labute approximate surface area is 98.3 Å². The van der Waals surface area contributed by atoms with Crippen molar-refractivity contribution >= 4 is 12.4 Å². The highest BCUT2D eigenvalue weighted by Crippen LogP contribution is 2.19. The Morgan fingerprint density at radius 3 is 2.35 bits per heavy atom. The molecule has 1 aliphatic rings. The third-order valence-corrected chi connectivity index (χ3v) is 2.76. The van der Waals surface area contributed by atoms with Gasteiger partial charge in [-0.05, 0) is 37.5 Å². The Kier molecular flexibility index (Phi) is 3.45. The normalized spacial score (nSPS) is 20.3. The number of benzene rings is 1. The summed E-state index contributed by atoms with van der Waals surface area (Å²) < 4.78 is 42.7. The van der Waals surface area contributed by atoms with Gasteiger partial charge in [-0.2, -0.15) is 0 Å². The molecule has 2 rings (SSSR count). The molecule has 92 valence electrons. The molecular formula is C12H13BF3O-. The maximum atomic E-state index is 12.4. The van der Waals surface area contributed by atoms with Gasteiger partial charge in [0.1, 0.15) is 11.9 Å². The second-order valence-corrected chi connectivity index (χ2v) is 4.16. The fraction of sp³-hybridized carbons (Fsp3) is 0.333. The van der Waals surface area contributed by atoms with Gasteiger partial charge in [0, 0.05) is 0 Å². The van der Waals surface area contributed by atoms with Gasteiger partial charge in [0.15, 0.2) is 0 Å². The molecule has 0 N–H and O–H groups in total. The van der Waals surface area contributed by atoms with Crippen LogP contribution in [0.15, 0.2) is 36.4 Å². The van der Waals surface area contributed by atoms with Crippen molar-refractivity contribution < 1.29 is 17.7 Å². The molecule has 0 saturated heterocycles. The monoisotopic (exact) mass is 241 g/mol. The lowest BCUT2D eigenvalue weighted by Gasteiger charge is -2.20. The highest BCUT2D eigenvalue weighted by Gasteiger charge is 2.25. The third-order valence-electron chi connectivity index (χ3n) is 2.76. The van der Waals surface area contributed by atoms with E-state index in [4.69, 9.17) is 4.74 Å². The molecule has 0 radical (unpaired) electrons. The number of hydrogen-bond acceptors (Lipinski definition) is 1. The molecule has 1 aromatic rings. The van der Waals surface area contributed by atoms with Crippen molar-refractivity contribution in [2.75, 3.05) is 0 Å². The van der Waals surface area contributed by atoms with E-state index in [1.165, 1.54) is 12.1 Å². The van der Waals surface area contributed by atoms with Crippen molar-refractivity contribution in [2.45, 2.75) is 25.4 Å². The minimum atomic E-state index is -4.91. The van der Waals surface area contributed by atoms with E-state index < -0.39 is 12.4 Å². The molecule has 0 heterocycles. The predicted octanol–water partition coefficient (Wildman–Crippen LogP) is 3.23. The smallest absolute Gasteiger partial charge is 0.486 e. The van der Waals surface area contributed by atoms with Gasteiger partial charge in [-0.15, -0.1) is 5.46 Å². The van der Waals surface area contributed by atoms with Crippen molar-refractivity contribution in [3.05, 3.63) is 36.4 Å². The van der Waals surface area contributed by atoms with E-state index in [-0.39, 0.29) is 6.10 Å². The molecule has 0 aliphatic heterocycles. The summed E-state index contributed by atoms with van der Waals surface area (Å²) in [4.78, 5) is 0. The molecule has 1 nitrogen and oxygen atoms in total. The van der Waals surface area contributed by atoms with E-state index in [1.807, 2.05) is 12.2 Å². The zero-order chi connectivity index (χ0) is 12.3. The lowest BCUT2D eigenvalue weighted by atomic mass is 9.80. The Balaban J connectivity index is 2.03. The first-order valence-corrected chi connectivity index (χ1v) is 5.69. The van der Waals surface area contributed by atoms with Gasteiger partial charge < -0.3 is 17.7 Å². The van der Waals surface area contributed by atoms with Gasteiger partial charge in [0.2, 0.25) is 0 Å². The maximum Gasteiger partial charge on any atom is 0.509 e. The van der Waals surface area contributed by atoms with Crippen molar-refractivity contribution in [1.29, 1.82) is 0 Å². The van der Waals surface area contributed by atoms with Crippen LogP contribution in [0.2, 0.25) is 0 Å². The summed E-state index contributed by atoms with van der Waals surface area (Å²) in [6.45, 7) is -4.91. The molecular weight excluding hydrogens is 228 g/mol. The quantitative estimate of drug-likeness (QED) is 0.583. The minimum absolute atomic E-state index is 0.00834. The molecule has 1 unspecified atom stereocenters. The summed E-state index contributed by atoms with van der Waals surface area (Å²) in [5.41, 5.74) is -0.587. The molecule has 0 amide bonds. The second-order valence-electron chi connectivity index (χ2n) is 4.16. The van der Waals surface area contributed by atoms with Crippen LogP contribution in [-0.4, -0.2) is 13.1 Å². The first-order valence-electron chi connectivity index (χ1n) is 5.69. The van der Waals surface area contributed by atoms with E-state index in [1.54, 1.807) is 0 Å². The van der Waals surface area contributed by atoms with Crippen LogP contribution < -0.4 is 10.2 Å². The lowest BCUT2D eigenvalue weighted by molar-refractivity contribution is 0.230. The Hall–Kier alpha value is -1.39. The highest BCUT2D eigenvalue weighted by atomic mass is 19.4. The van der Waals surface area contributed by atoms with E-state index in [0.717, 1.165) is 31.4 Å². The van der Waals surface area contributed by atoms with E-state index in [2.05, 4.69) is 0 Å². The first kappa shape index (κ1) is 12.1. The summed E-state index contributed by atoms with van der Waals surface area (Å²) in [5.74, 6) is 0.491. The van der Waals surface area contributed by atoms with Gasteiger partial charge in [0.25, 0.3) is 0 Å². The lowest BCUT2D eigenvalue weighted by Crippen LogP contribution is -2.33. The van der Waals surface area contributed by atoms with Crippen LogP contribution in [0.25, 0.3) is 0 Å². The molecule has 1 atom stereocenters. The number of ether oxygens (including phenoxy) is 1. The van der Waals surface area contributed by atoms with Crippen LogP contribution in [0.4, 0.5) is 12.9 Å². The van der Waals surface area contributed by atoms with Crippen LogP contribution in [0, 0.1) is 0 Å². The van der Waals surface area contributed by atoms with Crippen LogP contribution in [0.1, 0.15) is 19.3 Å². The molecule has 0 spiro atoms. The van der Waals surface area contributed by atoms with Crippen molar-refractivity contribution in [1.82, 2.24) is 0 Å². The number of allylic oxidation sites excluding steroid dienone is 1. The van der Waals surface area contributed by atoms with Gasteiger partial charge in [-0.1, -0.05) is 18.2 Å². The molecule has 1 aromatic carbocycles. The summed E-state index contributed by atoms with van der Waals surface area (Å²) in [6, 6.07) is 4.91. The van der Waals surface area contributed by atoms with Gasteiger partial charge >= 0.3 is 6.98 Å². The fourth-order valence-electron chi connectivity index (χ4n) is 1.82. The van der Waals surface area contributed by atoms with Gasteiger partial charge in [-0.25, -0.2) is 0 Å². The zero-order valence-corrected chi connectivity index (χ0v) is 9.28. The maximum absolute atomic E-state index is 12.4. The summed E-state index contributed by atoms with van der Waals surface area (Å²) in [6.07, 6.45) is 7.03. The van der Waals surface area contributed by atoms with E-state index in [0.29, 0.717) is 5.75 Å². The van der Waals surface area contributed by atoms with Crippen molar-refractivity contribution in [3.63, 3.8) is 0 Å². The first-order chi connectivity index (χ1) is 8.05. The average Bonchev–Trinajstić information content (AvgIpc) is 2.30. The number of rotatable bonds is 3. The van der Waals surface area contributed by atoms with Crippen LogP contribution in [0.3, 0.4) is 0 Å². The SMILES string of the molecule is F[B-](F)(F)c1ccc(OC2C=CCCC2)cc1. The molecule has 17 heavy (non-hydrogen) atoms. The highest BCUT2D eigenvalue weighted by molar-refractivity contribution is 6.73. The Morgan fingerprint density at radius 2 is 1.82 bits per heavy atom. The number of hydrogen-bond donors (Lipinski definition) is 0. The Bertz CT molecular complexity index is 397. The summed E-state index contributed by atoms with van der Waals surface area (Å²) in [5, 5.41) is 0. The molecule has 0 fully saturated rings. The predicted molar refractivity (Wildman–Crippen MR) is 62.6 cm³/mol. The van der Waals surface area contributed by atoms with Gasteiger partial charge in [-0.3, -0.25) is 0 Å². The Morgan fingerprint density at radius 1 is 1.12 bits per heavy atom. The zero-order valence-electron chi connectivity index (χ0n) is 9.28. The molecule has 0 saturated carbocycles. The molecule has 0 bridgehead atoms. The largest absolute Gasteiger partial charge is 0.509 e. The average molecular weight is 241 g/mol. The second kappa shape index (κ2) is 4.86. The molecule has 0 aromatic heterocycles. The fourth-order valence-corrected chi connectivity index (χ4v) is 1.82. The number of halogens is 3. The van der Waals surface area contributed by atoms with Crippen LogP contribution in [0.5, 0.6) is 5.75 Å². The van der Waals surface area contributed by atoms with Crippen LogP contribution in [-0.2, 0) is 0 Å². The van der Waals surface area contributed by atoms with Crippen molar-refractivity contribution in [3.8, 4) is 5.75 Å². The topological polar surface area (TPSA) is 9.23 Å². The molecule has 5 heteroatoms. The van der Waals surface area contributed by atoms with Gasteiger partial charge in [0.05, 0.1) is 0 Å². The van der Waals surface area contributed by atoms with Crippen molar-refractivity contribution in [2.24, 2.45) is 0 Å². The standard InChI is InChI=1S/C12H13BF3O/c14-13(15,16)10-6-8-12(9-7-10)17-11-4-2-1-3-5-11/h2,4,6-9,11H,1,3,5H2/q-1. The summed E-state index contributed by atoms with van der Waals surface area (Å²) >= 11 is 0. The van der Waals surface area contributed by atoms with E-state index >= 15 is 0 Å². The van der Waals surface area contributed by atoms with Crippen LogP contribution >= 0.6 is 0 Å². The van der Waals surface area contributed by atoms with E-state index in [9.17, 15) is 12.9 Å². The third kappa shape index (κ3) is 3.28. The summed E-state index contributed by atoms with van der Waals surface area (Å²) in [7, 11) is 0. The minimum Gasteiger partial charge on any atom is -0.486 e. The molecule has 1 aliphatic carbocycles.